The molecule has 0 unspecified atom stereocenters. The summed E-state index contributed by atoms with van der Waals surface area (Å²) < 4.78 is 5.33. The monoisotopic (exact) mass is 397 g/mol. The number of fused-ring (bicyclic) bond motifs is 1. The van der Waals surface area contributed by atoms with E-state index in [4.69, 9.17) is 10.5 Å². The lowest BCUT2D eigenvalue weighted by Gasteiger charge is -2.10. The van der Waals surface area contributed by atoms with Crippen molar-refractivity contribution in [3.63, 3.8) is 0 Å². The van der Waals surface area contributed by atoms with E-state index in [0.717, 1.165) is 20.9 Å². The van der Waals surface area contributed by atoms with Gasteiger partial charge in [0, 0.05) is 5.39 Å². The molecule has 0 saturated carbocycles. The van der Waals surface area contributed by atoms with Gasteiger partial charge in [0.2, 0.25) is 11.9 Å². The van der Waals surface area contributed by atoms with Crippen LogP contribution in [0.1, 0.15) is 5.82 Å². The second kappa shape index (κ2) is 7.72. The molecule has 0 amide bonds. The number of nitrogens with zero attached hydrogens (tertiary/aromatic N) is 5. The first-order chi connectivity index (χ1) is 13.2. The van der Waals surface area contributed by atoms with E-state index in [1.165, 1.54) is 11.8 Å². The van der Waals surface area contributed by atoms with E-state index in [-0.39, 0.29) is 5.95 Å². The highest BCUT2D eigenvalue weighted by atomic mass is 32.2. The zero-order valence-electron chi connectivity index (χ0n) is 14.3. The average Bonchev–Trinajstić information content (AvgIpc) is 3.16. The Kier molecular flexibility index (Phi) is 4.99. The van der Waals surface area contributed by atoms with Crippen molar-refractivity contribution in [1.29, 1.82) is 0 Å². The third-order valence-corrected chi connectivity index (χ3v) is 5.44. The van der Waals surface area contributed by atoms with Crippen molar-refractivity contribution >= 4 is 50.9 Å². The number of nitrogen functional groups attached to an aromatic ring is 1. The van der Waals surface area contributed by atoms with Gasteiger partial charge in [0.25, 0.3) is 0 Å². The van der Waals surface area contributed by atoms with E-state index >= 15 is 0 Å². The first-order valence-electron chi connectivity index (χ1n) is 7.94. The number of rotatable bonds is 6. The summed E-state index contributed by atoms with van der Waals surface area (Å²) in [6.45, 7) is 0. The second-order valence-corrected chi connectivity index (χ2v) is 7.22. The summed E-state index contributed by atoms with van der Waals surface area (Å²) in [5.41, 5.74) is 6.61. The highest BCUT2D eigenvalue weighted by Crippen LogP contribution is 2.30. The van der Waals surface area contributed by atoms with Crippen LogP contribution in [0.4, 0.5) is 17.6 Å². The summed E-state index contributed by atoms with van der Waals surface area (Å²) >= 11 is 3.12. The number of thiophene rings is 1. The van der Waals surface area contributed by atoms with Gasteiger partial charge in [-0.05, 0) is 23.6 Å². The van der Waals surface area contributed by atoms with E-state index < -0.39 is 0 Å². The molecule has 0 radical (unpaired) electrons. The Balaban J connectivity index is 1.55. The molecule has 0 fully saturated rings. The summed E-state index contributed by atoms with van der Waals surface area (Å²) in [4.78, 5) is 22.4. The van der Waals surface area contributed by atoms with Crippen molar-refractivity contribution in [2.24, 2.45) is 0 Å². The van der Waals surface area contributed by atoms with Crippen LogP contribution < -0.4 is 15.8 Å². The number of nitrogens with one attached hydrogen (secondary N) is 1. The largest absolute Gasteiger partial charge is 0.495 e. The third kappa shape index (κ3) is 3.91. The second-order valence-electron chi connectivity index (χ2n) is 5.37. The number of anilines is 3. The predicted molar refractivity (Wildman–Crippen MR) is 107 cm³/mol. The minimum absolute atomic E-state index is 0.154. The topological polar surface area (TPSA) is 112 Å². The molecule has 4 aromatic rings. The molecule has 27 heavy (non-hydrogen) atoms. The number of methoxy groups -OCH3 is 1. The van der Waals surface area contributed by atoms with Crippen LogP contribution in [0.25, 0.3) is 10.2 Å². The molecule has 0 saturated heterocycles. The molecule has 4 rings (SSSR count). The molecule has 10 heteroatoms. The van der Waals surface area contributed by atoms with Crippen LogP contribution in [0, 0.1) is 0 Å². The fourth-order valence-electron chi connectivity index (χ4n) is 2.44. The van der Waals surface area contributed by atoms with Crippen LogP contribution >= 0.6 is 23.1 Å². The lowest BCUT2D eigenvalue weighted by Crippen LogP contribution is -2.07. The van der Waals surface area contributed by atoms with Crippen LogP contribution in [0.15, 0.2) is 47.1 Å². The van der Waals surface area contributed by atoms with Gasteiger partial charge in [0.15, 0.2) is 0 Å². The van der Waals surface area contributed by atoms with Gasteiger partial charge in [-0.3, -0.25) is 0 Å². The van der Waals surface area contributed by atoms with E-state index in [2.05, 4.69) is 30.2 Å². The summed E-state index contributed by atoms with van der Waals surface area (Å²) in [5, 5.41) is 7.05. The lowest BCUT2D eigenvalue weighted by molar-refractivity contribution is 0.417. The van der Waals surface area contributed by atoms with Crippen molar-refractivity contribution in [3.05, 3.63) is 47.9 Å². The standard InChI is InChI=1S/C17H15N7OS2/c1-25-12-5-3-2-4-11(12)21-17-23-13(22-16(18)24-17)8-27-15-10-6-7-26-14(10)19-9-20-15/h2-7,9H,8H2,1H3,(H3,18,21,22,23,24). The number of benzene rings is 1. The van der Waals surface area contributed by atoms with Gasteiger partial charge in [-0.2, -0.15) is 15.0 Å². The smallest absolute Gasteiger partial charge is 0.232 e. The molecule has 3 N–H and O–H groups in total. The molecule has 0 aliphatic carbocycles. The molecule has 136 valence electrons. The minimum Gasteiger partial charge on any atom is -0.495 e. The van der Waals surface area contributed by atoms with Gasteiger partial charge in [-0.15, -0.1) is 11.3 Å². The van der Waals surface area contributed by atoms with Crippen LogP contribution in [0.3, 0.4) is 0 Å². The van der Waals surface area contributed by atoms with E-state index in [1.54, 1.807) is 24.8 Å². The molecule has 3 heterocycles. The molecule has 1 aromatic carbocycles. The van der Waals surface area contributed by atoms with E-state index in [1.807, 2.05) is 35.7 Å². The van der Waals surface area contributed by atoms with Gasteiger partial charge >= 0.3 is 0 Å². The minimum atomic E-state index is 0.154. The quantitative estimate of drug-likeness (QED) is 0.373. The maximum Gasteiger partial charge on any atom is 0.232 e. The Bertz CT molecular complexity index is 1090. The fraction of sp³-hybridized carbons (Fsp3) is 0.118. The molecular weight excluding hydrogens is 382 g/mol. The molecule has 0 aliphatic heterocycles. The number of hydrogen-bond donors (Lipinski definition) is 2. The van der Waals surface area contributed by atoms with Crippen LogP contribution in [0.2, 0.25) is 0 Å². The first-order valence-corrected chi connectivity index (χ1v) is 9.81. The maximum absolute atomic E-state index is 5.86. The highest BCUT2D eigenvalue weighted by Gasteiger charge is 2.10. The Hall–Kier alpha value is -2.98. The number of thioether (sulfide) groups is 1. The van der Waals surface area contributed by atoms with Gasteiger partial charge in [0.05, 0.1) is 18.6 Å². The zero-order valence-corrected chi connectivity index (χ0v) is 15.9. The zero-order chi connectivity index (χ0) is 18.6. The number of hydrogen-bond acceptors (Lipinski definition) is 10. The highest BCUT2D eigenvalue weighted by molar-refractivity contribution is 7.98. The normalized spacial score (nSPS) is 10.9. The Morgan fingerprint density at radius 2 is 2.04 bits per heavy atom. The fourth-order valence-corrected chi connectivity index (χ4v) is 4.08. The van der Waals surface area contributed by atoms with Gasteiger partial charge < -0.3 is 15.8 Å². The molecule has 0 spiro atoms. The van der Waals surface area contributed by atoms with Gasteiger partial charge in [-0.1, -0.05) is 23.9 Å². The summed E-state index contributed by atoms with van der Waals surface area (Å²) in [5.74, 6) is 2.28. The molecule has 0 aliphatic rings. The molecule has 0 bridgehead atoms. The molecule has 8 nitrogen and oxygen atoms in total. The van der Waals surface area contributed by atoms with Crippen molar-refractivity contribution in [1.82, 2.24) is 24.9 Å². The summed E-state index contributed by atoms with van der Waals surface area (Å²) in [6, 6.07) is 9.53. The van der Waals surface area contributed by atoms with Crippen molar-refractivity contribution in [3.8, 4) is 5.75 Å². The van der Waals surface area contributed by atoms with Crippen LogP contribution in [0.5, 0.6) is 5.75 Å². The SMILES string of the molecule is COc1ccccc1Nc1nc(N)nc(CSc2ncnc3sccc23)n1. The van der Waals surface area contributed by atoms with Crippen molar-refractivity contribution in [2.45, 2.75) is 10.8 Å². The van der Waals surface area contributed by atoms with E-state index in [0.29, 0.717) is 23.3 Å². The molecule has 3 aromatic heterocycles. The van der Waals surface area contributed by atoms with Gasteiger partial charge in [0.1, 0.15) is 27.8 Å². The Morgan fingerprint density at radius 1 is 1.15 bits per heavy atom. The number of aromatic nitrogens is 5. The lowest BCUT2D eigenvalue weighted by atomic mass is 10.3. The third-order valence-electron chi connectivity index (χ3n) is 3.62. The van der Waals surface area contributed by atoms with Crippen molar-refractivity contribution < 1.29 is 4.74 Å². The number of para-hydroxylation sites is 2. The number of nitrogens with two attached hydrogens (primary N) is 1. The van der Waals surface area contributed by atoms with E-state index in [9.17, 15) is 0 Å². The summed E-state index contributed by atoms with van der Waals surface area (Å²) in [6.07, 6.45) is 1.57. The molecular formula is C17H15N7OS2. The summed E-state index contributed by atoms with van der Waals surface area (Å²) in [7, 11) is 1.61. The van der Waals surface area contributed by atoms with Crippen LogP contribution in [-0.4, -0.2) is 32.0 Å². The number of ether oxygens (including phenoxy) is 1. The average molecular weight is 397 g/mol. The predicted octanol–water partition coefficient (Wildman–Crippen LogP) is 3.50. The Morgan fingerprint density at radius 3 is 2.93 bits per heavy atom. The maximum atomic E-state index is 5.86. The Labute approximate surface area is 163 Å². The van der Waals surface area contributed by atoms with Crippen molar-refractivity contribution in [2.75, 3.05) is 18.2 Å². The van der Waals surface area contributed by atoms with Crippen LogP contribution in [-0.2, 0) is 5.75 Å². The molecule has 0 atom stereocenters. The first kappa shape index (κ1) is 17.4. The van der Waals surface area contributed by atoms with Gasteiger partial charge in [-0.25, -0.2) is 9.97 Å².